The number of aromatic nitrogens is 4. The van der Waals surface area contributed by atoms with Gasteiger partial charge in [0, 0.05) is 7.05 Å². The second-order valence-corrected chi connectivity index (χ2v) is 5.10. The number of aryl methyl sites for hydroxylation is 1. The highest BCUT2D eigenvalue weighted by atomic mass is 16.4. The smallest absolute Gasteiger partial charge is 0.326 e. The quantitative estimate of drug-likeness (QED) is 0.741. The first-order valence-electron chi connectivity index (χ1n) is 6.33. The summed E-state index contributed by atoms with van der Waals surface area (Å²) >= 11 is 0. The highest BCUT2D eigenvalue weighted by Crippen LogP contribution is 2.19. The summed E-state index contributed by atoms with van der Waals surface area (Å²) in [6, 6.07) is -0.750. The molecule has 0 aliphatic heterocycles. The molecular weight excluding hydrogens is 260 g/mol. The van der Waals surface area contributed by atoms with Gasteiger partial charge in [-0.1, -0.05) is 13.8 Å². The molecule has 0 radical (unpaired) electrons. The van der Waals surface area contributed by atoms with E-state index in [9.17, 15) is 9.90 Å². The molecule has 0 fully saturated rings. The fraction of sp³-hybridized carbons (Fsp3) is 0.500. The molecule has 108 valence electrons. The minimum absolute atomic E-state index is 0.201. The lowest BCUT2D eigenvalue weighted by atomic mass is 10.0. The van der Waals surface area contributed by atoms with Crippen LogP contribution < -0.4 is 11.1 Å². The molecule has 0 amide bonds. The molecule has 20 heavy (non-hydrogen) atoms. The second-order valence-electron chi connectivity index (χ2n) is 5.10. The van der Waals surface area contributed by atoms with Crippen LogP contribution in [-0.2, 0) is 11.8 Å². The largest absolute Gasteiger partial charge is 0.480 e. The van der Waals surface area contributed by atoms with Gasteiger partial charge in [-0.15, -0.1) is 0 Å². The molecule has 0 aliphatic carbocycles. The SMILES string of the molecule is CC(C)C[C@@H](Nc1nc(N)c2cnn(C)c2n1)C(=O)O. The Morgan fingerprint density at radius 3 is 2.80 bits per heavy atom. The first-order chi connectivity index (χ1) is 9.38. The number of fused-ring (bicyclic) bond motifs is 1. The second kappa shape index (κ2) is 5.32. The van der Waals surface area contributed by atoms with E-state index >= 15 is 0 Å². The van der Waals surface area contributed by atoms with Gasteiger partial charge in [0.25, 0.3) is 0 Å². The number of aliphatic carboxylic acids is 1. The average Bonchev–Trinajstić information content (AvgIpc) is 2.70. The molecule has 2 aromatic heterocycles. The van der Waals surface area contributed by atoms with Crippen LogP contribution in [0.3, 0.4) is 0 Å². The Kier molecular flexibility index (Phi) is 3.73. The Balaban J connectivity index is 2.32. The molecule has 0 unspecified atom stereocenters. The van der Waals surface area contributed by atoms with Gasteiger partial charge in [0.2, 0.25) is 5.95 Å². The van der Waals surface area contributed by atoms with Gasteiger partial charge in [0.05, 0.1) is 11.6 Å². The Hall–Kier alpha value is -2.38. The predicted molar refractivity (Wildman–Crippen MR) is 75.2 cm³/mol. The van der Waals surface area contributed by atoms with Crippen molar-refractivity contribution in [2.45, 2.75) is 26.3 Å². The molecule has 2 aromatic rings. The number of carboxylic acid groups (broad SMARTS) is 1. The van der Waals surface area contributed by atoms with E-state index in [1.54, 1.807) is 17.9 Å². The number of carbonyl (C=O) groups is 1. The molecule has 0 saturated carbocycles. The molecule has 0 aliphatic rings. The molecular formula is C12H18N6O2. The van der Waals surface area contributed by atoms with E-state index in [-0.39, 0.29) is 17.7 Å². The lowest BCUT2D eigenvalue weighted by Gasteiger charge is -2.16. The highest BCUT2D eigenvalue weighted by Gasteiger charge is 2.20. The molecule has 0 aromatic carbocycles. The maximum absolute atomic E-state index is 11.2. The summed E-state index contributed by atoms with van der Waals surface area (Å²) in [5, 5.41) is 16.7. The number of hydrogen-bond acceptors (Lipinski definition) is 6. The molecule has 8 nitrogen and oxygen atoms in total. The van der Waals surface area contributed by atoms with Crippen molar-refractivity contribution < 1.29 is 9.90 Å². The van der Waals surface area contributed by atoms with E-state index < -0.39 is 12.0 Å². The first kappa shape index (κ1) is 14.0. The lowest BCUT2D eigenvalue weighted by molar-refractivity contribution is -0.138. The van der Waals surface area contributed by atoms with E-state index in [1.807, 2.05) is 13.8 Å². The monoisotopic (exact) mass is 278 g/mol. The summed E-state index contributed by atoms with van der Waals surface area (Å²) < 4.78 is 1.57. The minimum atomic E-state index is -0.939. The van der Waals surface area contributed by atoms with E-state index in [0.29, 0.717) is 17.5 Å². The number of carboxylic acids is 1. The highest BCUT2D eigenvalue weighted by molar-refractivity contribution is 5.86. The number of nitrogens with two attached hydrogens (primary N) is 1. The van der Waals surface area contributed by atoms with Crippen molar-refractivity contribution in [2.75, 3.05) is 11.1 Å². The Morgan fingerprint density at radius 2 is 2.20 bits per heavy atom. The van der Waals surface area contributed by atoms with Crippen LogP contribution in [0.4, 0.5) is 11.8 Å². The number of nitrogen functional groups attached to an aromatic ring is 1. The van der Waals surface area contributed by atoms with Crippen LogP contribution in [0.1, 0.15) is 20.3 Å². The molecule has 0 saturated heterocycles. The molecule has 0 spiro atoms. The van der Waals surface area contributed by atoms with Gasteiger partial charge in [-0.2, -0.15) is 15.1 Å². The first-order valence-corrected chi connectivity index (χ1v) is 6.33. The molecule has 1 atom stereocenters. The molecule has 8 heteroatoms. The van der Waals surface area contributed by atoms with Crippen LogP contribution in [0.25, 0.3) is 11.0 Å². The molecule has 2 rings (SSSR count). The summed E-state index contributed by atoms with van der Waals surface area (Å²) in [5.74, 6) is -0.224. The fourth-order valence-corrected chi connectivity index (χ4v) is 1.96. The summed E-state index contributed by atoms with van der Waals surface area (Å²) in [6.45, 7) is 3.91. The summed E-state index contributed by atoms with van der Waals surface area (Å²) in [4.78, 5) is 19.6. The van der Waals surface area contributed by atoms with Crippen LogP contribution in [0, 0.1) is 5.92 Å². The maximum atomic E-state index is 11.2. The summed E-state index contributed by atoms with van der Waals surface area (Å²) in [7, 11) is 1.74. The van der Waals surface area contributed by atoms with E-state index in [0.717, 1.165) is 0 Å². The van der Waals surface area contributed by atoms with Crippen LogP contribution >= 0.6 is 0 Å². The Labute approximate surface area is 116 Å². The zero-order valence-corrected chi connectivity index (χ0v) is 11.7. The van der Waals surface area contributed by atoms with Gasteiger partial charge in [-0.25, -0.2) is 4.79 Å². The Morgan fingerprint density at radius 1 is 1.50 bits per heavy atom. The van der Waals surface area contributed by atoms with Gasteiger partial charge >= 0.3 is 5.97 Å². The normalized spacial score (nSPS) is 12.8. The number of anilines is 2. The van der Waals surface area contributed by atoms with Crippen molar-refractivity contribution in [2.24, 2.45) is 13.0 Å². The number of rotatable bonds is 5. The summed E-state index contributed by atoms with van der Waals surface area (Å²) in [5.41, 5.74) is 6.40. The summed E-state index contributed by atoms with van der Waals surface area (Å²) in [6.07, 6.45) is 2.05. The van der Waals surface area contributed by atoms with Crippen LogP contribution in [0.2, 0.25) is 0 Å². The van der Waals surface area contributed by atoms with E-state index in [1.165, 1.54) is 0 Å². The van der Waals surface area contributed by atoms with Crippen molar-refractivity contribution in [3.05, 3.63) is 6.20 Å². The van der Waals surface area contributed by atoms with Crippen LogP contribution in [0.15, 0.2) is 6.20 Å². The van der Waals surface area contributed by atoms with Crippen LogP contribution in [-0.4, -0.2) is 36.9 Å². The third-order valence-corrected chi connectivity index (χ3v) is 2.93. The maximum Gasteiger partial charge on any atom is 0.326 e. The molecule has 2 heterocycles. The van der Waals surface area contributed by atoms with Crippen molar-refractivity contribution in [1.29, 1.82) is 0 Å². The zero-order chi connectivity index (χ0) is 14.9. The van der Waals surface area contributed by atoms with E-state index in [4.69, 9.17) is 5.73 Å². The molecule has 0 bridgehead atoms. The fourth-order valence-electron chi connectivity index (χ4n) is 1.96. The number of nitrogens with one attached hydrogen (secondary N) is 1. The topological polar surface area (TPSA) is 119 Å². The number of hydrogen-bond donors (Lipinski definition) is 3. The lowest BCUT2D eigenvalue weighted by Crippen LogP contribution is -2.31. The van der Waals surface area contributed by atoms with E-state index in [2.05, 4.69) is 20.4 Å². The van der Waals surface area contributed by atoms with Gasteiger partial charge in [0.15, 0.2) is 5.65 Å². The molecule has 4 N–H and O–H groups in total. The van der Waals surface area contributed by atoms with Crippen molar-refractivity contribution in [1.82, 2.24) is 19.7 Å². The van der Waals surface area contributed by atoms with Crippen molar-refractivity contribution >= 4 is 28.8 Å². The average molecular weight is 278 g/mol. The number of nitrogens with zero attached hydrogens (tertiary/aromatic N) is 4. The third-order valence-electron chi connectivity index (χ3n) is 2.93. The third kappa shape index (κ3) is 2.79. The van der Waals surface area contributed by atoms with Gasteiger partial charge in [0.1, 0.15) is 11.9 Å². The standard InChI is InChI=1S/C12H18N6O2/c1-6(2)4-8(11(19)20)15-12-16-9(13)7-5-14-18(3)10(7)17-12/h5-6,8H,4H2,1-3H3,(H,19,20)(H3,13,15,16,17)/t8-/m1/s1. The minimum Gasteiger partial charge on any atom is -0.480 e. The predicted octanol–water partition coefficient (Wildman–Crippen LogP) is 0.857. The van der Waals surface area contributed by atoms with Crippen molar-refractivity contribution in [3.8, 4) is 0 Å². The van der Waals surface area contributed by atoms with Gasteiger partial charge in [-0.3, -0.25) is 4.68 Å². The van der Waals surface area contributed by atoms with Crippen LogP contribution in [0.5, 0.6) is 0 Å². The Bertz CT molecular complexity index is 636. The van der Waals surface area contributed by atoms with Gasteiger partial charge in [-0.05, 0) is 12.3 Å². The van der Waals surface area contributed by atoms with Gasteiger partial charge < -0.3 is 16.2 Å². The zero-order valence-electron chi connectivity index (χ0n) is 11.7. The van der Waals surface area contributed by atoms with Crippen molar-refractivity contribution in [3.63, 3.8) is 0 Å².